The monoisotopic (exact) mass is 261 g/mol. The summed E-state index contributed by atoms with van der Waals surface area (Å²) >= 11 is 0. The highest BCUT2D eigenvalue weighted by Crippen LogP contribution is 2.26. The van der Waals surface area contributed by atoms with E-state index in [-0.39, 0.29) is 5.57 Å². The maximum atomic E-state index is 13.3. The normalized spacial score (nSPS) is 11.8. The number of hydrogen-bond donors (Lipinski definition) is 0. The molecule has 1 nitrogen and oxygen atoms in total. The summed E-state index contributed by atoms with van der Waals surface area (Å²) in [6.07, 6.45) is 0.668. The second kappa shape index (κ2) is 5.17. The van der Waals surface area contributed by atoms with Crippen molar-refractivity contribution in [3.05, 3.63) is 40.2 Å². The van der Waals surface area contributed by atoms with E-state index in [2.05, 4.69) is 0 Å². The van der Waals surface area contributed by atoms with Crippen molar-refractivity contribution in [2.24, 2.45) is 5.92 Å². The Morgan fingerprint density at radius 1 is 0.944 bits per heavy atom. The molecule has 0 unspecified atom stereocenters. The van der Waals surface area contributed by atoms with Crippen LogP contribution in [0.5, 0.6) is 0 Å². The Labute approximate surface area is 100 Å². The van der Waals surface area contributed by atoms with Crippen LogP contribution in [-0.2, 0) is 0 Å². The highest BCUT2D eigenvalue weighted by Gasteiger charge is 2.24. The number of nitrogens with zero attached hydrogens (tertiary/aromatic N) is 1. The number of benzene rings is 1. The zero-order valence-electron chi connectivity index (χ0n) is 9.49. The van der Waals surface area contributed by atoms with Gasteiger partial charge >= 0.3 is 0 Å². The lowest BCUT2D eigenvalue weighted by Crippen LogP contribution is -2.05. The van der Waals surface area contributed by atoms with Gasteiger partial charge in [-0.2, -0.15) is 5.26 Å². The van der Waals surface area contributed by atoms with E-state index < -0.39 is 40.6 Å². The summed E-state index contributed by atoms with van der Waals surface area (Å²) in [5.41, 5.74) is -1.19. The number of nitriles is 1. The molecule has 6 heteroatoms. The first-order chi connectivity index (χ1) is 8.31. The molecule has 0 aliphatic carbocycles. The Morgan fingerprint density at radius 3 is 1.67 bits per heavy atom. The topological polar surface area (TPSA) is 23.8 Å². The van der Waals surface area contributed by atoms with Gasteiger partial charge in [0.25, 0.3) is 0 Å². The molecule has 0 N–H and O–H groups in total. The van der Waals surface area contributed by atoms with Gasteiger partial charge in [-0.25, -0.2) is 22.0 Å². The predicted octanol–water partition coefficient (Wildman–Crippen LogP) is 3.95. The van der Waals surface area contributed by atoms with Crippen LogP contribution < -0.4 is 0 Å². The first-order valence-electron chi connectivity index (χ1n) is 4.94. The summed E-state index contributed by atoms with van der Waals surface area (Å²) in [7, 11) is 0. The molecule has 0 atom stereocenters. The van der Waals surface area contributed by atoms with Crippen molar-refractivity contribution in [2.75, 3.05) is 0 Å². The molecule has 0 saturated heterocycles. The maximum Gasteiger partial charge on any atom is 0.200 e. The number of allylic oxidation sites excluding steroid dienone is 1. The lowest BCUT2D eigenvalue weighted by molar-refractivity contribution is 0.377. The van der Waals surface area contributed by atoms with E-state index in [1.54, 1.807) is 19.9 Å². The van der Waals surface area contributed by atoms with Gasteiger partial charge in [0.1, 0.15) is 0 Å². The lowest BCUT2D eigenvalue weighted by Gasteiger charge is -2.06. The van der Waals surface area contributed by atoms with Crippen LogP contribution in [-0.4, -0.2) is 0 Å². The second-order valence-electron chi connectivity index (χ2n) is 3.85. The number of halogens is 5. The molecule has 18 heavy (non-hydrogen) atoms. The highest BCUT2D eigenvalue weighted by molar-refractivity contribution is 5.59. The average Bonchev–Trinajstić information content (AvgIpc) is 2.34. The van der Waals surface area contributed by atoms with Gasteiger partial charge in [0.2, 0.25) is 5.82 Å². The minimum absolute atomic E-state index is 0.0850. The highest BCUT2D eigenvalue weighted by atomic mass is 19.2. The minimum atomic E-state index is -2.22. The summed E-state index contributed by atoms with van der Waals surface area (Å²) in [5.74, 6) is -10.6. The molecule has 96 valence electrons. The van der Waals surface area contributed by atoms with Gasteiger partial charge in [-0.15, -0.1) is 0 Å². The molecule has 0 aliphatic heterocycles. The van der Waals surface area contributed by atoms with Gasteiger partial charge in [0.05, 0.1) is 11.6 Å². The molecule has 0 bridgehead atoms. The van der Waals surface area contributed by atoms with Gasteiger partial charge in [-0.3, -0.25) is 0 Å². The third-order valence-electron chi connectivity index (χ3n) is 2.29. The number of rotatable bonds is 2. The Kier molecular flexibility index (Phi) is 4.07. The molecule has 0 spiro atoms. The molecule has 1 rings (SSSR count). The fraction of sp³-hybridized carbons (Fsp3) is 0.250. The zero-order chi connectivity index (χ0) is 14.0. The van der Waals surface area contributed by atoms with Crippen molar-refractivity contribution in [2.45, 2.75) is 13.8 Å². The smallest absolute Gasteiger partial charge is 0.200 e. The van der Waals surface area contributed by atoms with E-state index >= 15 is 0 Å². The molecule has 0 heterocycles. The quantitative estimate of drug-likeness (QED) is 0.342. The van der Waals surface area contributed by atoms with Gasteiger partial charge in [0, 0.05) is 5.57 Å². The van der Waals surface area contributed by atoms with E-state index in [1.165, 1.54) is 0 Å². The van der Waals surface area contributed by atoms with Gasteiger partial charge in [-0.05, 0) is 12.0 Å². The molecule has 1 aromatic carbocycles. The van der Waals surface area contributed by atoms with Crippen LogP contribution in [0.1, 0.15) is 19.4 Å². The predicted molar refractivity (Wildman–Crippen MR) is 54.7 cm³/mol. The molecule has 0 radical (unpaired) electrons. The first-order valence-corrected chi connectivity index (χ1v) is 4.94. The lowest BCUT2D eigenvalue weighted by atomic mass is 10.0. The van der Waals surface area contributed by atoms with Crippen LogP contribution in [0.15, 0.2) is 5.57 Å². The maximum absolute atomic E-state index is 13.3. The second-order valence-corrected chi connectivity index (χ2v) is 3.85. The number of hydrogen-bond acceptors (Lipinski definition) is 1. The summed E-state index contributed by atoms with van der Waals surface area (Å²) in [6.45, 7) is 3.11. The largest absolute Gasteiger partial charge is 0.203 e. The summed E-state index contributed by atoms with van der Waals surface area (Å²) in [6, 6.07) is 1.65. The Bertz CT molecular complexity index is 526. The molecular formula is C12H8F5N. The van der Waals surface area contributed by atoms with Crippen molar-refractivity contribution in [1.29, 1.82) is 5.26 Å². The summed E-state index contributed by atoms with van der Waals surface area (Å²) in [4.78, 5) is 0. The third kappa shape index (κ3) is 2.35. The van der Waals surface area contributed by atoms with E-state index in [4.69, 9.17) is 5.26 Å². The van der Waals surface area contributed by atoms with Gasteiger partial charge in [0.15, 0.2) is 23.3 Å². The van der Waals surface area contributed by atoms with Crippen molar-refractivity contribution in [1.82, 2.24) is 0 Å². The Balaban J connectivity index is 3.58. The molecular weight excluding hydrogens is 253 g/mol. The standard InChI is InChI=1S/C12H8F5N/c1-5(2)6(4-18)3-7-8(13)10(15)12(17)11(16)9(7)14/h3,5H,1-2H3. The van der Waals surface area contributed by atoms with E-state index in [0.29, 0.717) is 6.08 Å². The van der Waals surface area contributed by atoms with Crippen molar-refractivity contribution in [3.63, 3.8) is 0 Å². The van der Waals surface area contributed by atoms with Crippen molar-refractivity contribution >= 4 is 6.08 Å². The van der Waals surface area contributed by atoms with Gasteiger partial charge < -0.3 is 0 Å². The SMILES string of the molecule is CC(C)C(C#N)=Cc1c(F)c(F)c(F)c(F)c1F. The van der Waals surface area contributed by atoms with E-state index in [0.717, 1.165) is 0 Å². The first kappa shape index (κ1) is 14.2. The summed E-state index contributed by atoms with van der Waals surface area (Å²) in [5, 5.41) is 8.71. The average molecular weight is 261 g/mol. The Morgan fingerprint density at radius 2 is 1.33 bits per heavy atom. The zero-order valence-corrected chi connectivity index (χ0v) is 9.49. The summed E-state index contributed by atoms with van der Waals surface area (Å²) < 4.78 is 65.1. The molecule has 0 aliphatic rings. The van der Waals surface area contributed by atoms with Crippen LogP contribution in [0.4, 0.5) is 22.0 Å². The van der Waals surface area contributed by atoms with Crippen LogP contribution >= 0.6 is 0 Å². The van der Waals surface area contributed by atoms with Gasteiger partial charge in [-0.1, -0.05) is 13.8 Å². The Hall–Kier alpha value is -1.90. The molecule has 0 aromatic heterocycles. The van der Waals surface area contributed by atoms with Crippen LogP contribution in [0.25, 0.3) is 6.08 Å². The fourth-order valence-electron chi connectivity index (χ4n) is 1.23. The van der Waals surface area contributed by atoms with Crippen LogP contribution in [0.3, 0.4) is 0 Å². The minimum Gasteiger partial charge on any atom is -0.203 e. The van der Waals surface area contributed by atoms with Crippen molar-refractivity contribution in [3.8, 4) is 6.07 Å². The molecule has 1 aromatic rings. The molecule has 0 fully saturated rings. The third-order valence-corrected chi connectivity index (χ3v) is 2.29. The molecule has 0 saturated carbocycles. The fourth-order valence-corrected chi connectivity index (χ4v) is 1.23. The molecule has 0 amide bonds. The van der Waals surface area contributed by atoms with Crippen molar-refractivity contribution < 1.29 is 22.0 Å². The van der Waals surface area contributed by atoms with E-state index in [9.17, 15) is 22.0 Å². The van der Waals surface area contributed by atoms with Crippen LogP contribution in [0, 0.1) is 46.3 Å². The van der Waals surface area contributed by atoms with Crippen LogP contribution in [0.2, 0.25) is 0 Å². The van der Waals surface area contributed by atoms with E-state index in [1.807, 2.05) is 0 Å².